The molecule has 8 heteroatoms. The summed E-state index contributed by atoms with van der Waals surface area (Å²) in [5, 5.41) is 2.60. The molecule has 2 rings (SSSR count). The van der Waals surface area contributed by atoms with Crippen LogP contribution in [-0.4, -0.2) is 25.5 Å². The Balaban J connectivity index is 2.00. The third-order valence-electron chi connectivity index (χ3n) is 3.34. The largest absolute Gasteiger partial charge is 0.573 e. The van der Waals surface area contributed by atoms with Crippen LogP contribution in [0.1, 0.15) is 13.3 Å². The fourth-order valence-electron chi connectivity index (χ4n) is 2.12. The molecule has 2 aromatic carbocycles. The Morgan fingerprint density at radius 3 is 2.31 bits per heavy atom. The van der Waals surface area contributed by atoms with Crippen molar-refractivity contribution in [3.8, 4) is 17.2 Å². The maximum atomic E-state index is 12.3. The van der Waals surface area contributed by atoms with Crippen molar-refractivity contribution in [2.75, 3.05) is 12.4 Å². The number of alkyl halides is 3. The number of hydrogen-bond acceptors (Lipinski definition) is 4. The van der Waals surface area contributed by atoms with Crippen LogP contribution in [0, 0.1) is 0 Å². The second-order valence-electron chi connectivity index (χ2n) is 5.26. The highest BCUT2D eigenvalue weighted by Crippen LogP contribution is 2.24. The standard InChI is InChI=1S/C18H18F3NO4/c1-3-16(25-15-6-4-5-14(11-15)24-2)17(23)22-12-7-9-13(10-8-12)26-18(19,20)21/h4-11,16H,3H2,1-2H3,(H,22,23). The number of methoxy groups -OCH3 is 1. The van der Waals surface area contributed by atoms with Crippen molar-refractivity contribution in [3.05, 3.63) is 48.5 Å². The van der Waals surface area contributed by atoms with Crippen LogP contribution < -0.4 is 19.5 Å². The van der Waals surface area contributed by atoms with Gasteiger partial charge in [-0.2, -0.15) is 0 Å². The molecule has 1 amide bonds. The molecule has 0 saturated heterocycles. The van der Waals surface area contributed by atoms with Gasteiger partial charge < -0.3 is 19.5 Å². The van der Waals surface area contributed by atoms with Gasteiger partial charge >= 0.3 is 6.36 Å². The number of rotatable bonds is 7. The van der Waals surface area contributed by atoms with Gasteiger partial charge in [-0.05, 0) is 42.8 Å². The molecule has 5 nitrogen and oxygen atoms in total. The van der Waals surface area contributed by atoms with E-state index in [1.54, 1.807) is 31.2 Å². The molecule has 26 heavy (non-hydrogen) atoms. The van der Waals surface area contributed by atoms with Crippen LogP contribution >= 0.6 is 0 Å². The topological polar surface area (TPSA) is 56.8 Å². The van der Waals surface area contributed by atoms with Crippen molar-refractivity contribution in [1.82, 2.24) is 0 Å². The van der Waals surface area contributed by atoms with Crippen LogP contribution in [0.3, 0.4) is 0 Å². The van der Waals surface area contributed by atoms with Gasteiger partial charge in [-0.3, -0.25) is 4.79 Å². The van der Waals surface area contributed by atoms with Crippen molar-refractivity contribution >= 4 is 11.6 Å². The summed E-state index contributed by atoms with van der Waals surface area (Å²) in [5.74, 6) is 0.285. The number of carbonyl (C=O) groups is 1. The second kappa shape index (κ2) is 8.46. The summed E-state index contributed by atoms with van der Waals surface area (Å²) in [6.45, 7) is 1.78. The van der Waals surface area contributed by atoms with E-state index in [9.17, 15) is 18.0 Å². The van der Waals surface area contributed by atoms with Crippen LogP contribution in [-0.2, 0) is 4.79 Å². The van der Waals surface area contributed by atoms with Gasteiger partial charge in [-0.25, -0.2) is 0 Å². The summed E-state index contributed by atoms with van der Waals surface area (Å²) in [6.07, 6.45) is -5.13. The summed E-state index contributed by atoms with van der Waals surface area (Å²) >= 11 is 0. The fourth-order valence-corrected chi connectivity index (χ4v) is 2.12. The average molecular weight is 369 g/mol. The molecule has 0 heterocycles. The Morgan fingerprint density at radius 2 is 1.73 bits per heavy atom. The first-order chi connectivity index (χ1) is 12.3. The minimum absolute atomic E-state index is 0.331. The SMILES string of the molecule is CCC(Oc1cccc(OC)c1)C(=O)Nc1ccc(OC(F)(F)F)cc1. The summed E-state index contributed by atoms with van der Waals surface area (Å²) in [6, 6.07) is 11.7. The third-order valence-corrected chi connectivity index (χ3v) is 3.34. The Hall–Kier alpha value is -2.90. The maximum Gasteiger partial charge on any atom is 0.573 e. The Morgan fingerprint density at radius 1 is 1.08 bits per heavy atom. The van der Waals surface area contributed by atoms with E-state index in [4.69, 9.17) is 9.47 Å². The molecule has 0 saturated carbocycles. The lowest BCUT2D eigenvalue weighted by Gasteiger charge is -2.18. The highest BCUT2D eigenvalue weighted by Gasteiger charge is 2.31. The molecule has 2 aromatic rings. The van der Waals surface area contributed by atoms with E-state index in [-0.39, 0.29) is 5.75 Å². The zero-order valence-electron chi connectivity index (χ0n) is 14.2. The van der Waals surface area contributed by atoms with E-state index in [1.807, 2.05) is 0 Å². The zero-order chi connectivity index (χ0) is 19.2. The van der Waals surface area contributed by atoms with E-state index in [0.717, 1.165) is 12.1 Å². The van der Waals surface area contributed by atoms with Crippen LogP contribution in [0.5, 0.6) is 17.2 Å². The quantitative estimate of drug-likeness (QED) is 0.786. The molecular formula is C18H18F3NO4. The van der Waals surface area contributed by atoms with E-state index in [1.165, 1.54) is 19.2 Å². The van der Waals surface area contributed by atoms with Gasteiger partial charge in [0.1, 0.15) is 17.2 Å². The van der Waals surface area contributed by atoms with Crippen LogP contribution in [0.4, 0.5) is 18.9 Å². The molecule has 1 atom stereocenters. The van der Waals surface area contributed by atoms with E-state index < -0.39 is 18.4 Å². The van der Waals surface area contributed by atoms with Crippen molar-refractivity contribution in [2.24, 2.45) is 0 Å². The second-order valence-corrected chi connectivity index (χ2v) is 5.26. The normalized spacial score (nSPS) is 12.2. The summed E-state index contributed by atoms with van der Waals surface area (Å²) in [5.41, 5.74) is 0.331. The molecule has 0 spiro atoms. The fraction of sp³-hybridized carbons (Fsp3) is 0.278. The lowest BCUT2D eigenvalue weighted by molar-refractivity contribution is -0.274. The number of hydrogen-bond donors (Lipinski definition) is 1. The van der Waals surface area contributed by atoms with Crippen molar-refractivity contribution in [3.63, 3.8) is 0 Å². The summed E-state index contributed by atoms with van der Waals surface area (Å²) in [7, 11) is 1.52. The van der Waals surface area contributed by atoms with Crippen LogP contribution in [0.15, 0.2) is 48.5 Å². The molecule has 1 N–H and O–H groups in total. The predicted molar refractivity (Wildman–Crippen MR) is 89.5 cm³/mol. The molecular weight excluding hydrogens is 351 g/mol. The first-order valence-corrected chi connectivity index (χ1v) is 7.78. The number of benzene rings is 2. The molecule has 0 radical (unpaired) electrons. The van der Waals surface area contributed by atoms with Gasteiger partial charge in [0, 0.05) is 11.8 Å². The Kier molecular flexibility index (Phi) is 6.32. The van der Waals surface area contributed by atoms with Crippen LogP contribution in [0.2, 0.25) is 0 Å². The van der Waals surface area contributed by atoms with Gasteiger partial charge in [0.15, 0.2) is 6.10 Å². The molecule has 0 aliphatic carbocycles. The van der Waals surface area contributed by atoms with Gasteiger partial charge in [-0.15, -0.1) is 13.2 Å². The molecule has 0 bridgehead atoms. The molecule has 0 aliphatic heterocycles. The summed E-state index contributed by atoms with van der Waals surface area (Å²) in [4.78, 5) is 12.3. The number of anilines is 1. The monoisotopic (exact) mass is 369 g/mol. The van der Waals surface area contributed by atoms with Crippen molar-refractivity contribution < 1.29 is 32.2 Å². The number of carbonyl (C=O) groups excluding carboxylic acids is 1. The van der Waals surface area contributed by atoms with E-state index >= 15 is 0 Å². The van der Waals surface area contributed by atoms with E-state index in [0.29, 0.717) is 23.6 Å². The number of halogens is 3. The Bertz CT molecular complexity index is 732. The van der Waals surface area contributed by atoms with Crippen molar-refractivity contribution in [1.29, 1.82) is 0 Å². The minimum Gasteiger partial charge on any atom is -0.497 e. The predicted octanol–water partition coefficient (Wildman–Crippen LogP) is 4.39. The number of ether oxygens (including phenoxy) is 3. The highest BCUT2D eigenvalue weighted by molar-refractivity contribution is 5.94. The molecule has 0 aliphatic rings. The maximum absolute atomic E-state index is 12.3. The smallest absolute Gasteiger partial charge is 0.497 e. The average Bonchev–Trinajstić information content (AvgIpc) is 2.60. The van der Waals surface area contributed by atoms with Gasteiger partial charge in [0.05, 0.1) is 7.11 Å². The van der Waals surface area contributed by atoms with Crippen LogP contribution in [0.25, 0.3) is 0 Å². The number of amides is 1. The van der Waals surface area contributed by atoms with Gasteiger partial charge in [0.2, 0.25) is 0 Å². The lowest BCUT2D eigenvalue weighted by Crippen LogP contribution is -2.32. The third kappa shape index (κ3) is 5.87. The summed E-state index contributed by atoms with van der Waals surface area (Å²) < 4.78 is 51.0. The molecule has 1 unspecified atom stereocenters. The minimum atomic E-state index is -4.76. The lowest BCUT2D eigenvalue weighted by atomic mass is 10.2. The first kappa shape index (κ1) is 19.4. The van der Waals surface area contributed by atoms with Gasteiger partial charge in [0.25, 0.3) is 5.91 Å². The molecule has 140 valence electrons. The van der Waals surface area contributed by atoms with E-state index in [2.05, 4.69) is 10.1 Å². The zero-order valence-corrected chi connectivity index (χ0v) is 14.2. The molecule has 0 fully saturated rings. The van der Waals surface area contributed by atoms with Crippen molar-refractivity contribution in [2.45, 2.75) is 25.8 Å². The Labute approximate surface area is 148 Å². The molecule has 0 aromatic heterocycles. The number of nitrogens with one attached hydrogen (secondary N) is 1. The van der Waals surface area contributed by atoms with Gasteiger partial charge in [-0.1, -0.05) is 13.0 Å². The first-order valence-electron chi connectivity index (χ1n) is 7.78. The highest BCUT2D eigenvalue weighted by atomic mass is 19.4.